The van der Waals surface area contributed by atoms with Gasteiger partial charge in [0.1, 0.15) is 17.4 Å². The Morgan fingerprint density at radius 3 is 2.90 bits per heavy atom. The van der Waals surface area contributed by atoms with Crippen LogP contribution in [0.2, 0.25) is 0 Å². The second-order valence-electron chi connectivity index (χ2n) is 9.67. The molecule has 4 aromatic rings. The summed E-state index contributed by atoms with van der Waals surface area (Å²) in [6.07, 6.45) is 3.75. The Balaban J connectivity index is 1.57. The molecule has 0 fully saturated rings. The molecule has 0 saturated carbocycles. The summed E-state index contributed by atoms with van der Waals surface area (Å²) in [7, 11) is 0.205. The van der Waals surface area contributed by atoms with Gasteiger partial charge in [0.05, 0.1) is 39.2 Å². The fourth-order valence-corrected chi connectivity index (χ4v) is 4.91. The van der Waals surface area contributed by atoms with Crippen LogP contribution >= 0.6 is 0 Å². The number of halogens is 1. The number of aryl methyl sites for hydroxylation is 2. The number of nitrogens with one attached hydrogen (secondary N) is 2. The van der Waals surface area contributed by atoms with Crippen LogP contribution in [0.5, 0.6) is 5.75 Å². The van der Waals surface area contributed by atoms with Crippen molar-refractivity contribution in [3.05, 3.63) is 71.0 Å². The number of hydrogen-bond acceptors (Lipinski definition) is 8. The highest BCUT2D eigenvalue weighted by atomic mass is 19.1. The molecule has 214 valence electrons. The van der Waals surface area contributed by atoms with Crippen molar-refractivity contribution in [1.29, 1.82) is 0 Å². The first-order valence-corrected chi connectivity index (χ1v) is 12.8. The van der Waals surface area contributed by atoms with E-state index in [0.717, 1.165) is 11.6 Å². The molecule has 0 bridgehead atoms. The number of carbonyl (C=O) groups excluding carboxylic acids is 1. The van der Waals surface area contributed by atoms with Gasteiger partial charge in [0.25, 0.3) is 0 Å². The van der Waals surface area contributed by atoms with Crippen molar-refractivity contribution in [1.82, 2.24) is 24.0 Å². The highest BCUT2D eigenvalue weighted by Crippen LogP contribution is 2.38. The van der Waals surface area contributed by atoms with Crippen LogP contribution < -0.4 is 26.0 Å². The number of imidazole rings is 1. The van der Waals surface area contributed by atoms with Gasteiger partial charge < -0.3 is 25.2 Å². The third kappa shape index (κ3) is 5.50. The molecule has 0 unspecified atom stereocenters. The molecule has 0 aliphatic carbocycles. The molecule has 41 heavy (non-hydrogen) atoms. The number of hydrogen-bond donors (Lipinski definition) is 2. The average Bonchev–Trinajstić information content (AvgIpc) is 3.27. The molecule has 5 rings (SSSR count). The number of likely N-dealkylation sites (N-methyl/N-ethyl adjacent to an activating group) is 2. The topological polar surface area (TPSA) is 110 Å². The lowest BCUT2D eigenvalue weighted by molar-refractivity contribution is -0.111. The Bertz CT molecular complexity index is 1910. The van der Waals surface area contributed by atoms with E-state index in [1.54, 1.807) is 16.5 Å². The maximum absolute atomic E-state index is 14.6. The molecule has 0 spiro atoms. The van der Waals surface area contributed by atoms with Gasteiger partial charge in [0.2, 0.25) is 11.9 Å². The second-order valence-corrected chi connectivity index (χ2v) is 9.67. The molecular weight excluding hydrogens is 527 g/mol. The smallest absolute Gasteiger partial charge is 0.334 e. The fraction of sp³-hybridized carbons (Fsp3) is 0.310. The molecule has 1 amide bonds. The fourth-order valence-electron chi connectivity index (χ4n) is 4.91. The van der Waals surface area contributed by atoms with Crippen LogP contribution in [0.15, 0.2) is 54.0 Å². The average molecular weight is 567 g/mol. The summed E-state index contributed by atoms with van der Waals surface area (Å²) in [4.78, 5) is 37.4. The Labute approximate surface area is 245 Å². The predicted octanol–water partition coefficient (Wildman–Crippen LogP) is 3.54. The minimum Gasteiger partial charge on any atom is -0.494 e. The zero-order valence-electron chi connectivity index (χ0n) is 28.6. The zero-order valence-corrected chi connectivity index (χ0v) is 22.6. The van der Waals surface area contributed by atoms with E-state index in [4.69, 9.17) is 13.0 Å². The molecule has 2 aromatic heterocycles. The minimum absolute atomic E-state index is 0.0513. The largest absolute Gasteiger partial charge is 0.494 e. The van der Waals surface area contributed by atoms with E-state index in [2.05, 4.69) is 27.2 Å². The minimum atomic E-state index is -2.88. The summed E-state index contributed by atoms with van der Waals surface area (Å²) < 4.78 is 68.8. The number of aromatic nitrogens is 4. The van der Waals surface area contributed by atoms with Gasteiger partial charge in [0, 0.05) is 55.2 Å². The predicted molar refractivity (Wildman–Crippen MR) is 158 cm³/mol. The van der Waals surface area contributed by atoms with Crippen LogP contribution in [-0.4, -0.2) is 71.1 Å². The summed E-state index contributed by atoms with van der Waals surface area (Å²) in [5.74, 6) is -1.12. The van der Waals surface area contributed by atoms with Gasteiger partial charge >= 0.3 is 5.69 Å². The zero-order chi connectivity index (χ0) is 34.3. The SMILES string of the molecule is [2H]C([2H])([2H])Oc1cc(N(C)CCN(C)C([2H])([2H])[2H])c(NC(=O)C=C)cc1Nc1nccc(-n2c(=O)n3c4c(cc(F)cc42)CCC3)n1. The van der Waals surface area contributed by atoms with Crippen molar-refractivity contribution >= 4 is 40.0 Å². The van der Waals surface area contributed by atoms with E-state index >= 15 is 0 Å². The van der Waals surface area contributed by atoms with Gasteiger partial charge in [-0.15, -0.1) is 0 Å². The second kappa shape index (κ2) is 11.4. The maximum atomic E-state index is 14.6. The van der Waals surface area contributed by atoms with Crippen molar-refractivity contribution < 1.29 is 22.1 Å². The molecular formula is C29H33FN8O3. The highest BCUT2D eigenvalue weighted by Gasteiger charge is 2.23. The van der Waals surface area contributed by atoms with Crippen molar-refractivity contribution in [3.63, 3.8) is 0 Å². The number of amides is 1. The van der Waals surface area contributed by atoms with Crippen molar-refractivity contribution in [3.8, 4) is 11.6 Å². The van der Waals surface area contributed by atoms with Crippen LogP contribution in [-0.2, 0) is 17.8 Å². The Hall–Kier alpha value is -4.71. The molecule has 3 heterocycles. The van der Waals surface area contributed by atoms with Crippen LogP contribution in [0.25, 0.3) is 16.9 Å². The normalized spacial score (nSPS) is 15.2. The van der Waals surface area contributed by atoms with Crippen LogP contribution in [0.4, 0.5) is 27.4 Å². The molecule has 0 atom stereocenters. The van der Waals surface area contributed by atoms with Gasteiger partial charge in [-0.1, -0.05) is 6.58 Å². The summed E-state index contributed by atoms with van der Waals surface area (Å²) in [5, 5.41) is 5.61. The molecule has 0 radical (unpaired) electrons. The molecule has 1 aliphatic rings. The first kappa shape index (κ1) is 21.1. The Morgan fingerprint density at radius 1 is 1.27 bits per heavy atom. The standard InChI is InChI=1S/C29H33FN8O3/c1-6-26(39)32-20-16-21(24(41-5)17-22(20)36(4)13-12-35(2)3)33-28-31-10-9-25(34-28)38-23-15-19(30)14-18-8-7-11-37(27(18)23)29(38)40/h6,9-10,14-17H,1,7-8,11-13H2,2-5H3,(H,32,39)(H,31,33,34)/i2D3,5D3. The summed E-state index contributed by atoms with van der Waals surface area (Å²) in [5.41, 5.74) is 1.91. The Morgan fingerprint density at radius 2 is 2.12 bits per heavy atom. The van der Waals surface area contributed by atoms with Crippen molar-refractivity contribution in [2.75, 3.05) is 56.7 Å². The van der Waals surface area contributed by atoms with Gasteiger partial charge in [0.15, 0.2) is 0 Å². The molecule has 0 saturated heterocycles. The van der Waals surface area contributed by atoms with Gasteiger partial charge in [-0.2, -0.15) is 4.98 Å². The number of ether oxygens (including phenoxy) is 1. The number of nitrogens with zero attached hydrogens (tertiary/aromatic N) is 6. The molecule has 12 heteroatoms. The first-order chi connectivity index (χ1) is 22.1. The van der Waals surface area contributed by atoms with Crippen LogP contribution in [0.1, 0.15) is 20.2 Å². The monoisotopic (exact) mass is 566 g/mol. The Kier molecular flexibility index (Phi) is 5.87. The quantitative estimate of drug-likeness (QED) is 0.281. The molecule has 2 N–H and O–H groups in total. The molecule has 11 nitrogen and oxygen atoms in total. The lowest BCUT2D eigenvalue weighted by Crippen LogP contribution is -2.29. The lowest BCUT2D eigenvalue weighted by Gasteiger charge is -2.26. The van der Waals surface area contributed by atoms with E-state index in [1.165, 1.54) is 53.0 Å². The third-order valence-corrected chi connectivity index (χ3v) is 6.84. The van der Waals surface area contributed by atoms with Gasteiger partial charge in [-0.05, 0) is 50.6 Å². The number of rotatable bonds is 10. The van der Waals surface area contributed by atoms with Crippen molar-refractivity contribution in [2.24, 2.45) is 0 Å². The van der Waals surface area contributed by atoms with E-state index in [-0.39, 0.29) is 42.0 Å². The van der Waals surface area contributed by atoms with Crippen molar-refractivity contribution in [2.45, 2.75) is 19.4 Å². The van der Waals surface area contributed by atoms with E-state index in [9.17, 15) is 14.0 Å². The van der Waals surface area contributed by atoms with E-state index < -0.39 is 31.4 Å². The summed E-state index contributed by atoms with van der Waals surface area (Å²) >= 11 is 0. The lowest BCUT2D eigenvalue weighted by atomic mass is 10.0. The molecule has 2 aromatic carbocycles. The van der Waals surface area contributed by atoms with Gasteiger partial charge in [-0.3, -0.25) is 9.36 Å². The van der Waals surface area contributed by atoms with E-state index in [1.807, 2.05) is 0 Å². The van der Waals surface area contributed by atoms with E-state index in [0.29, 0.717) is 36.1 Å². The summed E-state index contributed by atoms with van der Waals surface area (Å²) in [6.45, 7) is 1.92. The highest BCUT2D eigenvalue weighted by molar-refractivity contribution is 6.02. The van der Waals surface area contributed by atoms with Gasteiger partial charge in [-0.25, -0.2) is 18.7 Å². The number of anilines is 4. The van der Waals surface area contributed by atoms with Crippen LogP contribution in [0.3, 0.4) is 0 Å². The third-order valence-electron chi connectivity index (χ3n) is 6.84. The maximum Gasteiger partial charge on any atom is 0.334 e. The first-order valence-electron chi connectivity index (χ1n) is 15.8. The molecule has 1 aliphatic heterocycles. The number of methoxy groups -OCH3 is 1. The van der Waals surface area contributed by atoms with Crippen LogP contribution in [0, 0.1) is 5.82 Å². The summed E-state index contributed by atoms with van der Waals surface area (Å²) in [6, 6.07) is 6.99. The number of carbonyl (C=O) groups is 1. The number of benzene rings is 2.